The van der Waals surface area contributed by atoms with E-state index < -0.39 is 12.0 Å². The van der Waals surface area contributed by atoms with Gasteiger partial charge in [-0.1, -0.05) is 42.0 Å². The van der Waals surface area contributed by atoms with E-state index in [0.717, 1.165) is 19.3 Å². The molecule has 20 heavy (non-hydrogen) atoms. The average molecular weight is 272 g/mol. The first-order chi connectivity index (χ1) is 9.66. The molecule has 2 rings (SSSR count). The largest absolute Gasteiger partial charge is 0.378 e. The van der Waals surface area contributed by atoms with Gasteiger partial charge in [-0.05, 0) is 37.7 Å². The minimum atomic E-state index is -1.18. The van der Waals surface area contributed by atoms with Crippen LogP contribution in [0.4, 0.5) is 0 Å². The predicted octanol–water partition coefficient (Wildman–Crippen LogP) is 2.57. The Morgan fingerprint density at radius 1 is 1.45 bits per heavy atom. The number of benzene rings is 1. The van der Waals surface area contributed by atoms with Gasteiger partial charge in [0.1, 0.15) is 0 Å². The van der Waals surface area contributed by atoms with Gasteiger partial charge in [0.2, 0.25) is 0 Å². The lowest BCUT2D eigenvalue weighted by atomic mass is 9.91. The average Bonchev–Trinajstić information content (AvgIpc) is 2.49. The maximum absolute atomic E-state index is 11.8. The number of carbonyl (C=O) groups excluding carboxylic acids is 1. The summed E-state index contributed by atoms with van der Waals surface area (Å²) in [5.74, 6) is -0.136. The molecule has 4 heteroatoms. The lowest BCUT2D eigenvalue weighted by Crippen LogP contribution is -2.25. The van der Waals surface area contributed by atoms with Crippen LogP contribution in [0.3, 0.4) is 0 Å². The number of rotatable bonds is 4. The van der Waals surface area contributed by atoms with Crippen LogP contribution in [0.1, 0.15) is 37.9 Å². The fourth-order valence-electron chi connectivity index (χ4n) is 2.18. The maximum Gasteiger partial charge on any atom is 0.273 e. The summed E-state index contributed by atoms with van der Waals surface area (Å²) in [5.41, 5.74) is 4.38. The molecule has 0 saturated carbocycles. The summed E-state index contributed by atoms with van der Waals surface area (Å²) in [7, 11) is 0. The van der Waals surface area contributed by atoms with E-state index >= 15 is 0 Å². The summed E-state index contributed by atoms with van der Waals surface area (Å²) < 4.78 is 0. The van der Waals surface area contributed by atoms with E-state index in [-0.39, 0.29) is 0 Å². The van der Waals surface area contributed by atoms with Crippen molar-refractivity contribution in [3.63, 3.8) is 0 Å². The van der Waals surface area contributed by atoms with E-state index in [2.05, 4.69) is 23.5 Å². The van der Waals surface area contributed by atoms with Crippen molar-refractivity contribution in [1.29, 1.82) is 0 Å². The molecule has 1 aromatic carbocycles. The van der Waals surface area contributed by atoms with Crippen molar-refractivity contribution in [3.05, 3.63) is 47.5 Å². The first-order valence-electron chi connectivity index (χ1n) is 6.88. The van der Waals surface area contributed by atoms with Gasteiger partial charge < -0.3 is 5.11 Å². The third kappa shape index (κ3) is 4.03. The Morgan fingerprint density at radius 2 is 2.20 bits per heavy atom. The molecule has 0 heterocycles. The van der Waals surface area contributed by atoms with Crippen LogP contribution >= 0.6 is 0 Å². The van der Waals surface area contributed by atoms with E-state index in [4.69, 9.17) is 0 Å². The topological polar surface area (TPSA) is 61.7 Å². The number of nitrogens with one attached hydrogen (secondary N) is 1. The fraction of sp³-hybridized carbons (Fsp3) is 0.375. The monoisotopic (exact) mass is 272 g/mol. The Balaban J connectivity index is 1.83. The van der Waals surface area contributed by atoms with Crippen LogP contribution in [0, 0.1) is 5.92 Å². The van der Waals surface area contributed by atoms with Gasteiger partial charge >= 0.3 is 0 Å². The molecule has 0 spiro atoms. The quantitative estimate of drug-likeness (QED) is 0.503. The number of nitrogens with zero attached hydrogens (tertiary/aromatic N) is 1. The van der Waals surface area contributed by atoms with Crippen LogP contribution in [0.2, 0.25) is 0 Å². The van der Waals surface area contributed by atoms with Crippen molar-refractivity contribution >= 4 is 12.1 Å². The second-order valence-electron chi connectivity index (χ2n) is 5.15. The molecule has 0 fully saturated rings. The molecule has 0 radical (unpaired) electrons. The molecule has 1 aliphatic rings. The Hall–Kier alpha value is -1.94. The van der Waals surface area contributed by atoms with Crippen LogP contribution in [-0.4, -0.2) is 17.2 Å². The smallest absolute Gasteiger partial charge is 0.273 e. The van der Waals surface area contributed by atoms with Crippen molar-refractivity contribution < 1.29 is 9.90 Å². The molecule has 1 amide bonds. The van der Waals surface area contributed by atoms with E-state index in [0.29, 0.717) is 11.5 Å². The van der Waals surface area contributed by atoms with Gasteiger partial charge in [-0.15, -0.1) is 0 Å². The van der Waals surface area contributed by atoms with Crippen LogP contribution in [0.5, 0.6) is 0 Å². The Bertz CT molecular complexity index is 508. The molecule has 1 aromatic rings. The summed E-state index contributed by atoms with van der Waals surface area (Å²) in [6.45, 7) is 2.13. The van der Waals surface area contributed by atoms with Gasteiger partial charge in [-0.3, -0.25) is 4.79 Å². The molecular formula is C16H20N2O2. The number of aliphatic hydroxyl groups is 1. The first-order valence-corrected chi connectivity index (χ1v) is 6.88. The zero-order chi connectivity index (χ0) is 14.4. The lowest BCUT2D eigenvalue weighted by molar-refractivity contribution is -0.129. The number of hydrogen-bond donors (Lipinski definition) is 2. The van der Waals surface area contributed by atoms with Crippen LogP contribution in [0.15, 0.2) is 47.1 Å². The second kappa shape index (κ2) is 7.01. The third-order valence-corrected chi connectivity index (χ3v) is 3.50. The third-order valence-electron chi connectivity index (χ3n) is 3.50. The highest BCUT2D eigenvalue weighted by atomic mass is 16.3. The van der Waals surface area contributed by atoms with E-state index in [1.807, 2.05) is 6.07 Å². The molecule has 0 aromatic heterocycles. The Morgan fingerprint density at radius 3 is 2.85 bits per heavy atom. The first kappa shape index (κ1) is 14.5. The van der Waals surface area contributed by atoms with Gasteiger partial charge in [0, 0.05) is 6.21 Å². The molecule has 4 nitrogen and oxygen atoms in total. The van der Waals surface area contributed by atoms with Crippen LogP contribution < -0.4 is 5.43 Å². The Kier molecular flexibility index (Phi) is 5.07. The number of amides is 1. The van der Waals surface area contributed by atoms with Crippen molar-refractivity contribution in [2.75, 3.05) is 0 Å². The van der Waals surface area contributed by atoms with Crippen LogP contribution in [-0.2, 0) is 4.79 Å². The maximum atomic E-state index is 11.8. The van der Waals surface area contributed by atoms with E-state index in [1.165, 1.54) is 5.57 Å². The predicted molar refractivity (Wildman–Crippen MR) is 79.1 cm³/mol. The van der Waals surface area contributed by atoms with E-state index in [9.17, 15) is 9.90 Å². The summed E-state index contributed by atoms with van der Waals surface area (Å²) in [5, 5.41) is 13.8. The molecule has 2 N–H and O–H groups in total. The number of aliphatic hydroxyl groups excluding tert-OH is 1. The van der Waals surface area contributed by atoms with Crippen LogP contribution in [0.25, 0.3) is 0 Å². The highest BCUT2D eigenvalue weighted by Gasteiger charge is 2.16. The van der Waals surface area contributed by atoms with Gasteiger partial charge in [-0.25, -0.2) is 5.43 Å². The van der Waals surface area contributed by atoms with Crippen molar-refractivity contribution in [3.8, 4) is 0 Å². The van der Waals surface area contributed by atoms with Gasteiger partial charge in [0.05, 0.1) is 0 Å². The van der Waals surface area contributed by atoms with Gasteiger partial charge in [0.25, 0.3) is 5.91 Å². The van der Waals surface area contributed by atoms with Gasteiger partial charge in [0.15, 0.2) is 6.10 Å². The summed E-state index contributed by atoms with van der Waals surface area (Å²) in [4.78, 5) is 11.8. The van der Waals surface area contributed by atoms with Crippen molar-refractivity contribution in [1.82, 2.24) is 5.43 Å². The van der Waals surface area contributed by atoms with Crippen molar-refractivity contribution in [2.24, 2.45) is 11.0 Å². The zero-order valence-electron chi connectivity index (χ0n) is 11.6. The highest BCUT2D eigenvalue weighted by molar-refractivity contribution is 5.82. The van der Waals surface area contributed by atoms with Crippen molar-refractivity contribution in [2.45, 2.75) is 32.3 Å². The molecule has 106 valence electrons. The lowest BCUT2D eigenvalue weighted by Gasteiger charge is -2.16. The Labute approximate surface area is 119 Å². The zero-order valence-corrected chi connectivity index (χ0v) is 11.6. The molecule has 2 atom stereocenters. The standard InChI is InChI=1S/C16H20N2O2/c1-12-7-9-13(10-8-12)11-17-18-16(20)15(19)14-5-3-2-4-6-14/h2-7,11,13,15,19H,8-10H2,1H3,(H,18,20)/b17-11+. The molecule has 1 aliphatic carbocycles. The molecule has 0 bridgehead atoms. The van der Waals surface area contributed by atoms with E-state index in [1.54, 1.807) is 30.5 Å². The summed E-state index contributed by atoms with van der Waals surface area (Å²) in [6, 6.07) is 8.83. The minimum absolute atomic E-state index is 0.368. The van der Waals surface area contributed by atoms with Gasteiger partial charge in [-0.2, -0.15) is 5.10 Å². The normalized spacial score (nSPS) is 20.5. The number of hydrazone groups is 1. The molecule has 2 unspecified atom stereocenters. The molecule has 0 saturated heterocycles. The second-order valence-corrected chi connectivity index (χ2v) is 5.15. The highest BCUT2D eigenvalue weighted by Crippen LogP contribution is 2.21. The number of allylic oxidation sites excluding steroid dienone is 2. The number of hydrogen-bond acceptors (Lipinski definition) is 3. The summed E-state index contributed by atoms with van der Waals surface area (Å²) >= 11 is 0. The fourth-order valence-corrected chi connectivity index (χ4v) is 2.18. The number of carbonyl (C=O) groups is 1. The SMILES string of the molecule is CC1=CCC(/C=N/NC(=O)C(O)c2ccccc2)CC1. The summed E-state index contributed by atoms with van der Waals surface area (Å²) in [6.07, 6.45) is 5.90. The molecular weight excluding hydrogens is 252 g/mol. The molecule has 0 aliphatic heterocycles. The minimum Gasteiger partial charge on any atom is -0.378 e.